The number of nitrogens with one attached hydrogen (secondary N) is 1. The number of benzene rings is 1. The third kappa shape index (κ3) is 3.56. The number of piperazine rings is 1. The summed E-state index contributed by atoms with van der Waals surface area (Å²) >= 11 is 0. The molecule has 3 rings (SSSR count). The van der Waals surface area contributed by atoms with Gasteiger partial charge in [-0.3, -0.25) is 4.90 Å². The molecule has 1 saturated heterocycles. The lowest BCUT2D eigenvalue weighted by atomic mass is 9.99. The normalized spacial score (nSPS) is 18.1. The molecular formula is C16H16F4N2O. The Balaban J connectivity index is 2.04. The van der Waals surface area contributed by atoms with Crippen molar-refractivity contribution in [3.8, 4) is 0 Å². The molecule has 0 aliphatic carbocycles. The number of hydrogen-bond donors (Lipinski definition) is 1. The Kier molecular flexibility index (Phi) is 4.41. The van der Waals surface area contributed by atoms with Crippen molar-refractivity contribution in [1.29, 1.82) is 0 Å². The predicted molar refractivity (Wildman–Crippen MR) is 76.4 cm³/mol. The summed E-state index contributed by atoms with van der Waals surface area (Å²) in [5.74, 6) is -0.396. The molecule has 0 saturated carbocycles. The minimum atomic E-state index is -4.59. The van der Waals surface area contributed by atoms with E-state index in [0.717, 1.165) is 25.2 Å². The van der Waals surface area contributed by atoms with Crippen LogP contribution in [0.1, 0.15) is 22.9 Å². The number of alkyl halides is 3. The molecule has 1 aliphatic heterocycles. The topological polar surface area (TPSA) is 28.4 Å². The maximum atomic E-state index is 13.8. The third-order valence-corrected chi connectivity index (χ3v) is 3.89. The molecule has 1 atom stereocenters. The quantitative estimate of drug-likeness (QED) is 0.875. The highest BCUT2D eigenvalue weighted by Crippen LogP contribution is 2.35. The van der Waals surface area contributed by atoms with Gasteiger partial charge in [0.05, 0.1) is 17.9 Å². The number of furan rings is 1. The van der Waals surface area contributed by atoms with Crippen molar-refractivity contribution in [2.75, 3.05) is 26.2 Å². The number of halogens is 4. The van der Waals surface area contributed by atoms with Crippen LogP contribution in [-0.2, 0) is 6.18 Å². The maximum absolute atomic E-state index is 13.8. The molecule has 1 aromatic carbocycles. The fraction of sp³-hybridized carbons (Fsp3) is 0.375. The smallest absolute Gasteiger partial charge is 0.416 e. The molecule has 0 radical (unpaired) electrons. The Morgan fingerprint density at radius 2 is 1.87 bits per heavy atom. The van der Waals surface area contributed by atoms with Crippen molar-refractivity contribution >= 4 is 0 Å². The van der Waals surface area contributed by atoms with Crippen molar-refractivity contribution < 1.29 is 22.0 Å². The molecule has 7 heteroatoms. The van der Waals surface area contributed by atoms with Gasteiger partial charge in [-0.1, -0.05) is 0 Å². The molecule has 0 bridgehead atoms. The average Bonchev–Trinajstić information content (AvgIpc) is 3.01. The molecule has 124 valence electrons. The van der Waals surface area contributed by atoms with Gasteiger partial charge >= 0.3 is 6.18 Å². The molecule has 23 heavy (non-hydrogen) atoms. The van der Waals surface area contributed by atoms with Gasteiger partial charge in [0.2, 0.25) is 0 Å². The molecule has 1 N–H and O–H groups in total. The summed E-state index contributed by atoms with van der Waals surface area (Å²) in [6.07, 6.45) is -3.12. The second kappa shape index (κ2) is 6.33. The summed E-state index contributed by atoms with van der Waals surface area (Å²) in [5.41, 5.74) is -0.742. The van der Waals surface area contributed by atoms with E-state index in [0.29, 0.717) is 24.9 Å². The number of rotatable bonds is 3. The zero-order chi connectivity index (χ0) is 16.4. The zero-order valence-corrected chi connectivity index (χ0v) is 12.2. The molecule has 0 spiro atoms. The largest absolute Gasteiger partial charge is 0.467 e. The molecule has 2 heterocycles. The second-order valence-electron chi connectivity index (χ2n) is 5.47. The van der Waals surface area contributed by atoms with Gasteiger partial charge < -0.3 is 9.73 Å². The van der Waals surface area contributed by atoms with E-state index in [9.17, 15) is 17.6 Å². The van der Waals surface area contributed by atoms with E-state index in [1.807, 2.05) is 4.90 Å². The summed E-state index contributed by atoms with van der Waals surface area (Å²) < 4.78 is 58.1. The lowest BCUT2D eigenvalue weighted by Gasteiger charge is -2.34. The first-order valence-corrected chi connectivity index (χ1v) is 7.31. The van der Waals surface area contributed by atoms with Crippen LogP contribution in [0.15, 0.2) is 41.0 Å². The SMILES string of the molecule is Fc1cc([C@H](c2ccco2)N2CCNCC2)cc(C(F)(F)F)c1. The second-order valence-corrected chi connectivity index (χ2v) is 5.47. The van der Waals surface area contributed by atoms with Crippen LogP contribution in [0.3, 0.4) is 0 Å². The molecule has 1 fully saturated rings. The predicted octanol–water partition coefficient (Wildman–Crippen LogP) is 3.43. The van der Waals surface area contributed by atoms with Crippen LogP contribution < -0.4 is 5.32 Å². The zero-order valence-electron chi connectivity index (χ0n) is 12.2. The van der Waals surface area contributed by atoms with Gasteiger partial charge in [0.25, 0.3) is 0 Å². The van der Waals surface area contributed by atoms with Crippen molar-refractivity contribution in [2.45, 2.75) is 12.2 Å². The minimum absolute atomic E-state index is 0.245. The van der Waals surface area contributed by atoms with Gasteiger partial charge in [-0.25, -0.2) is 4.39 Å². The molecule has 3 nitrogen and oxygen atoms in total. The van der Waals surface area contributed by atoms with Gasteiger partial charge in [0.1, 0.15) is 11.6 Å². The van der Waals surface area contributed by atoms with Crippen LogP contribution in [0.4, 0.5) is 17.6 Å². The summed E-state index contributed by atoms with van der Waals surface area (Å²) in [5, 5.41) is 3.19. The highest BCUT2D eigenvalue weighted by molar-refractivity contribution is 5.33. The van der Waals surface area contributed by atoms with E-state index in [4.69, 9.17) is 4.42 Å². The molecule has 0 unspecified atom stereocenters. The van der Waals surface area contributed by atoms with Gasteiger partial charge in [-0.2, -0.15) is 13.2 Å². The Morgan fingerprint density at radius 1 is 1.13 bits per heavy atom. The average molecular weight is 328 g/mol. The van der Waals surface area contributed by atoms with Crippen LogP contribution in [0.5, 0.6) is 0 Å². The fourth-order valence-electron chi connectivity index (χ4n) is 2.88. The maximum Gasteiger partial charge on any atom is 0.416 e. The number of hydrogen-bond acceptors (Lipinski definition) is 3. The summed E-state index contributed by atoms with van der Waals surface area (Å²) in [6.45, 7) is 2.73. The van der Waals surface area contributed by atoms with E-state index >= 15 is 0 Å². The fourth-order valence-corrected chi connectivity index (χ4v) is 2.88. The van der Waals surface area contributed by atoms with E-state index < -0.39 is 23.6 Å². The minimum Gasteiger partial charge on any atom is -0.467 e. The molecular weight excluding hydrogens is 312 g/mol. The van der Waals surface area contributed by atoms with Crippen molar-refractivity contribution in [1.82, 2.24) is 10.2 Å². The van der Waals surface area contributed by atoms with E-state index in [1.165, 1.54) is 6.26 Å². The Hall–Kier alpha value is -1.86. The standard InChI is InChI=1S/C16H16F4N2O/c17-13-9-11(8-12(10-13)16(18,19)20)15(14-2-1-7-23-14)22-5-3-21-4-6-22/h1-2,7-10,15,21H,3-6H2/t15-/m1/s1. The van der Waals surface area contributed by atoms with E-state index in [2.05, 4.69) is 5.32 Å². The van der Waals surface area contributed by atoms with Gasteiger partial charge in [-0.15, -0.1) is 0 Å². The number of nitrogens with zero attached hydrogens (tertiary/aromatic N) is 1. The van der Waals surface area contributed by atoms with Crippen LogP contribution in [0.2, 0.25) is 0 Å². The lowest BCUT2D eigenvalue weighted by Crippen LogP contribution is -2.45. The molecule has 2 aromatic rings. The van der Waals surface area contributed by atoms with Crippen LogP contribution in [0.25, 0.3) is 0 Å². The van der Waals surface area contributed by atoms with Gasteiger partial charge in [-0.05, 0) is 35.9 Å². The van der Waals surface area contributed by atoms with Crippen molar-refractivity contribution in [3.63, 3.8) is 0 Å². The van der Waals surface area contributed by atoms with Crippen LogP contribution >= 0.6 is 0 Å². The highest BCUT2D eigenvalue weighted by atomic mass is 19.4. The summed E-state index contributed by atoms with van der Waals surface area (Å²) in [4.78, 5) is 1.99. The Bertz CT molecular complexity index is 649. The lowest BCUT2D eigenvalue weighted by molar-refractivity contribution is -0.137. The van der Waals surface area contributed by atoms with Crippen molar-refractivity contribution in [2.24, 2.45) is 0 Å². The molecule has 1 aliphatic rings. The first-order chi connectivity index (χ1) is 10.9. The van der Waals surface area contributed by atoms with Gasteiger partial charge in [0.15, 0.2) is 0 Å². The van der Waals surface area contributed by atoms with Crippen molar-refractivity contribution in [3.05, 3.63) is 59.3 Å². The summed E-state index contributed by atoms with van der Waals surface area (Å²) in [7, 11) is 0. The van der Waals surface area contributed by atoms with Crippen LogP contribution in [-0.4, -0.2) is 31.1 Å². The highest BCUT2D eigenvalue weighted by Gasteiger charge is 2.34. The molecule has 1 aromatic heterocycles. The molecule has 0 amide bonds. The Morgan fingerprint density at radius 3 is 2.48 bits per heavy atom. The third-order valence-electron chi connectivity index (χ3n) is 3.89. The van der Waals surface area contributed by atoms with Gasteiger partial charge in [0, 0.05) is 26.2 Å². The summed E-state index contributed by atoms with van der Waals surface area (Å²) in [6, 6.07) is 5.49. The van der Waals surface area contributed by atoms with E-state index in [1.54, 1.807) is 12.1 Å². The van der Waals surface area contributed by atoms with E-state index in [-0.39, 0.29) is 5.56 Å². The first-order valence-electron chi connectivity index (χ1n) is 7.31. The first kappa shape index (κ1) is 16.0. The monoisotopic (exact) mass is 328 g/mol. The van der Waals surface area contributed by atoms with Crippen LogP contribution in [0, 0.1) is 5.82 Å². The Labute approximate surface area is 130 Å².